The summed E-state index contributed by atoms with van der Waals surface area (Å²) in [5, 5.41) is 24.1. The normalized spacial score (nSPS) is 30.2. The van der Waals surface area contributed by atoms with E-state index in [0.717, 1.165) is 24.8 Å². The van der Waals surface area contributed by atoms with Gasteiger partial charge in [0, 0.05) is 0 Å². The van der Waals surface area contributed by atoms with Crippen LogP contribution in [0.15, 0.2) is 43.0 Å². The molecule has 3 N–H and O–H groups in total. The number of aliphatic hydroxyl groups is 2. The number of aliphatic hydroxyl groups excluding tert-OH is 2. The summed E-state index contributed by atoms with van der Waals surface area (Å²) in [6, 6.07) is 10.2. The van der Waals surface area contributed by atoms with E-state index < -0.39 is 24.5 Å². The van der Waals surface area contributed by atoms with Gasteiger partial charge >= 0.3 is 0 Å². The Morgan fingerprint density at radius 2 is 1.97 bits per heavy atom. The van der Waals surface area contributed by atoms with E-state index in [-0.39, 0.29) is 18.0 Å². The second-order valence-corrected chi connectivity index (χ2v) is 8.57. The van der Waals surface area contributed by atoms with Gasteiger partial charge in [-0.2, -0.15) is 0 Å². The third kappa shape index (κ3) is 4.06. The number of fused-ring (bicyclic) bond motifs is 1. The highest BCUT2D eigenvalue weighted by Gasteiger charge is 2.44. The Hall–Kier alpha value is -2.30. The first-order valence-electron chi connectivity index (χ1n) is 10.8. The number of alkyl halides is 1. The van der Waals surface area contributed by atoms with E-state index in [1.807, 2.05) is 18.2 Å². The van der Waals surface area contributed by atoms with Gasteiger partial charge in [-0.05, 0) is 24.8 Å². The lowest BCUT2D eigenvalue weighted by atomic mass is 10.1. The molecule has 3 aromatic rings. The summed E-state index contributed by atoms with van der Waals surface area (Å²) in [5.74, 6) is 0.686. The average molecular weight is 460 g/mol. The van der Waals surface area contributed by atoms with E-state index in [0.29, 0.717) is 23.6 Å². The van der Waals surface area contributed by atoms with Crippen molar-refractivity contribution in [2.75, 3.05) is 11.2 Å². The molecule has 6 atom stereocenters. The Morgan fingerprint density at radius 1 is 1.12 bits per heavy atom. The smallest absolute Gasteiger partial charge is 0.167 e. The largest absolute Gasteiger partial charge is 0.387 e. The lowest BCUT2D eigenvalue weighted by Gasteiger charge is -2.22. The molecule has 3 heterocycles. The van der Waals surface area contributed by atoms with Crippen LogP contribution in [0, 0.1) is 0 Å². The third-order valence-corrected chi connectivity index (χ3v) is 6.51. The second kappa shape index (κ2) is 9.29. The molecule has 170 valence electrons. The van der Waals surface area contributed by atoms with Crippen molar-refractivity contribution in [2.24, 2.45) is 0 Å². The van der Waals surface area contributed by atoms with Gasteiger partial charge in [-0.3, -0.25) is 4.57 Å². The summed E-state index contributed by atoms with van der Waals surface area (Å²) in [7, 11) is 0. The first kappa shape index (κ1) is 21.5. The highest BCUT2D eigenvalue weighted by molar-refractivity contribution is 6.18. The van der Waals surface area contributed by atoms with Crippen molar-refractivity contribution in [2.45, 2.75) is 62.6 Å². The Kier molecular flexibility index (Phi) is 6.25. The van der Waals surface area contributed by atoms with Crippen LogP contribution in [0.3, 0.4) is 0 Å². The number of benzene rings is 1. The van der Waals surface area contributed by atoms with Crippen LogP contribution in [-0.4, -0.2) is 66.1 Å². The van der Waals surface area contributed by atoms with Crippen LogP contribution in [0.5, 0.6) is 0 Å². The number of hydrogen-bond acceptors (Lipinski definition) is 8. The number of rotatable bonds is 7. The molecule has 9 nitrogen and oxygen atoms in total. The van der Waals surface area contributed by atoms with Crippen LogP contribution in [-0.2, 0) is 16.1 Å². The highest BCUT2D eigenvalue weighted by atomic mass is 35.5. The number of aromatic nitrogens is 4. The molecule has 32 heavy (non-hydrogen) atoms. The van der Waals surface area contributed by atoms with Crippen molar-refractivity contribution >= 4 is 28.6 Å². The van der Waals surface area contributed by atoms with E-state index in [4.69, 9.17) is 21.1 Å². The number of imidazole rings is 1. The molecular formula is C22H26ClN5O4. The van der Waals surface area contributed by atoms with Crippen molar-refractivity contribution in [3.05, 3.63) is 48.5 Å². The van der Waals surface area contributed by atoms with Crippen LogP contribution >= 0.6 is 11.6 Å². The fourth-order valence-corrected chi connectivity index (χ4v) is 4.73. The van der Waals surface area contributed by atoms with Crippen LogP contribution in [0.4, 0.5) is 5.82 Å². The van der Waals surface area contributed by atoms with Gasteiger partial charge in [0.1, 0.15) is 24.6 Å². The topological polar surface area (TPSA) is 115 Å². The lowest BCUT2D eigenvalue weighted by Crippen LogP contribution is -2.32. The molecule has 1 saturated heterocycles. The Bertz CT molecular complexity index is 1050. The van der Waals surface area contributed by atoms with E-state index in [2.05, 4.69) is 32.4 Å². The summed E-state index contributed by atoms with van der Waals surface area (Å²) in [6.45, 7) is 0.568. The van der Waals surface area contributed by atoms with Gasteiger partial charge in [-0.15, -0.1) is 11.6 Å². The predicted molar refractivity (Wildman–Crippen MR) is 118 cm³/mol. The number of anilines is 1. The molecule has 1 aliphatic heterocycles. The number of nitrogens with one attached hydrogen (secondary N) is 1. The molecule has 0 spiro atoms. The molecule has 0 amide bonds. The summed E-state index contributed by atoms with van der Waals surface area (Å²) < 4.78 is 13.6. The minimum atomic E-state index is -1.13. The molecule has 10 heteroatoms. The molecule has 2 aliphatic rings. The van der Waals surface area contributed by atoms with Crippen molar-refractivity contribution < 1.29 is 19.7 Å². The first-order valence-corrected chi connectivity index (χ1v) is 11.4. The number of nitrogens with zero attached hydrogens (tertiary/aromatic N) is 4. The van der Waals surface area contributed by atoms with E-state index in [1.54, 1.807) is 10.9 Å². The Labute approximate surface area is 190 Å². The SMILES string of the molecule is O[C@@H]1[C@@H](CCl)OC(n2cnc3c(N[C@H]4CCC[C@@H]4OCc4ccccc4)ncnc32)[C@@H]1O. The number of halogens is 1. The first-order chi connectivity index (χ1) is 15.7. The molecular weight excluding hydrogens is 434 g/mol. The van der Waals surface area contributed by atoms with Gasteiger partial charge in [-0.1, -0.05) is 30.3 Å². The molecule has 1 unspecified atom stereocenters. The standard InChI is InChI=1S/C22H26ClN5O4/c23-9-16-18(29)19(30)22(32-16)28-12-26-17-20(24-11-25-21(17)28)27-14-7-4-8-15(14)31-10-13-5-2-1-3-6-13/h1-3,5-6,11-12,14-16,18-19,22,29-30H,4,7-10H2,(H,24,25,27)/t14-,15-,16+,18+,19+,22?/m0/s1. The quantitative estimate of drug-likeness (QED) is 0.461. The van der Waals surface area contributed by atoms with E-state index >= 15 is 0 Å². The van der Waals surface area contributed by atoms with Crippen molar-refractivity contribution in [3.8, 4) is 0 Å². The molecule has 1 aromatic carbocycles. The van der Waals surface area contributed by atoms with Gasteiger partial charge in [0.05, 0.1) is 31.0 Å². The van der Waals surface area contributed by atoms with Gasteiger partial charge in [0.25, 0.3) is 0 Å². The average Bonchev–Trinajstić information content (AvgIpc) is 3.52. The lowest BCUT2D eigenvalue weighted by molar-refractivity contribution is -0.0291. The zero-order valence-electron chi connectivity index (χ0n) is 17.4. The van der Waals surface area contributed by atoms with Crippen LogP contribution in [0.25, 0.3) is 11.2 Å². The van der Waals surface area contributed by atoms with Gasteiger partial charge in [-0.25, -0.2) is 15.0 Å². The van der Waals surface area contributed by atoms with Gasteiger partial charge in [0.2, 0.25) is 0 Å². The minimum absolute atomic E-state index is 0.0712. The predicted octanol–water partition coefficient (Wildman–Crippen LogP) is 2.23. The third-order valence-electron chi connectivity index (χ3n) is 6.20. The van der Waals surface area contributed by atoms with Gasteiger partial charge < -0.3 is 25.0 Å². The molecule has 2 fully saturated rings. The number of ether oxygens (including phenoxy) is 2. The van der Waals surface area contributed by atoms with Crippen LogP contribution in [0.2, 0.25) is 0 Å². The summed E-state index contributed by atoms with van der Waals surface area (Å²) in [4.78, 5) is 13.2. The number of hydrogen-bond donors (Lipinski definition) is 3. The molecule has 0 bridgehead atoms. The molecule has 1 saturated carbocycles. The summed E-state index contributed by atoms with van der Waals surface area (Å²) >= 11 is 5.84. The molecule has 2 aromatic heterocycles. The fourth-order valence-electron chi connectivity index (χ4n) is 4.47. The molecule has 5 rings (SSSR count). The van der Waals surface area contributed by atoms with Crippen LogP contribution in [0.1, 0.15) is 31.1 Å². The molecule has 1 aliphatic carbocycles. The zero-order chi connectivity index (χ0) is 22.1. The minimum Gasteiger partial charge on any atom is -0.387 e. The van der Waals surface area contributed by atoms with Gasteiger partial charge in [0.15, 0.2) is 23.2 Å². The van der Waals surface area contributed by atoms with E-state index in [1.165, 1.54) is 6.33 Å². The fraction of sp³-hybridized carbons (Fsp3) is 0.500. The van der Waals surface area contributed by atoms with Crippen LogP contribution < -0.4 is 5.32 Å². The van der Waals surface area contributed by atoms with E-state index in [9.17, 15) is 10.2 Å². The van der Waals surface area contributed by atoms with Crippen molar-refractivity contribution in [1.29, 1.82) is 0 Å². The van der Waals surface area contributed by atoms with Crippen molar-refractivity contribution in [3.63, 3.8) is 0 Å². The molecule has 0 radical (unpaired) electrons. The van der Waals surface area contributed by atoms with Crippen molar-refractivity contribution in [1.82, 2.24) is 19.5 Å². The summed E-state index contributed by atoms with van der Waals surface area (Å²) in [5.41, 5.74) is 2.23. The monoisotopic (exact) mass is 459 g/mol. The Morgan fingerprint density at radius 3 is 2.75 bits per heavy atom. The maximum atomic E-state index is 10.4. The second-order valence-electron chi connectivity index (χ2n) is 8.26. The highest BCUT2D eigenvalue weighted by Crippen LogP contribution is 2.33. The zero-order valence-corrected chi connectivity index (χ0v) is 18.2. The summed E-state index contributed by atoms with van der Waals surface area (Å²) in [6.07, 6.45) is 2.40. The Balaban J connectivity index is 1.33. The maximum absolute atomic E-state index is 10.4. The maximum Gasteiger partial charge on any atom is 0.167 e.